The predicted molar refractivity (Wildman–Crippen MR) is 274 cm³/mol. The van der Waals surface area contributed by atoms with Crippen molar-refractivity contribution in [3.63, 3.8) is 0 Å². The SMILES string of the molecule is CCCCCCCC/C=C\CCCCCCCC(=O)OCC(CNC(=O)OCCSSCCOC(=O)CCN1CCCCCC1)OC(=O)CCCCCCC/C=C\CCCCCCCC. The maximum Gasteiger partial charge on any atom is 0.407 e. The van der Waals surface area contributed by atoms with E-state index in [9.17, 15) is 19.2 Å². The number of unbranched alkanes of at least 4 members (excludes halogenated alkanes) is 22. The molecular weight excluding hydrogens is 857 g/mol. The molecule has 1 aliphatic heterocycles. The molecule has 378 valence electrons. The van der Waals surface area contributed by atoms with Crippen LogP contribution in [0.4, 0.5) is 4.79 Å². The molecular formula is C53H96N2O8S2. The highest BCUT2D eigenvalue weighted by Gasteiger charge is 2.19. The van der Waals surface area contributed by atoms with Crippen LogP contribution >= 0.6 is 21.6 Å². The summed E-state index contributed by atoms with van der Waals surface area (Å²) in [6, 6.07) is 0. The van der Waals surface area contributed by atoms with Crippen LogP contribution in [-0.4, -0.2) is 92.5 Å². The fourth-order valence-corrected chi connectivity index (χ4v) is 9.38. The number of carbonyl (C=O) groups is 4. The number of carbonyl (C=O) groups excluding carboxylic acids is 4. The van der Waals surface area contributed by atoms with E-state index < -0.39 is 12.2 Å². The lowest BCUT2D eigenvalue weighted by Crippen LogP contribution is -2.38. The molecule has 0 spiro atoms. The summed E-state index contributed by atoms with van der Waals surface area (Å²) in [5.41, 5.74) is 0. The average Bonchev–Trinajstić information content (AvgIpc) is 3.59. The van der Waals surface area contributed by atoms with Crippen molar-refractivity contribution in [3.05, 3.63) is 24.3 Å². The fourth-order valence-electron chi connectivity index (χ4n) is 7.72. The summed E-state index contributed by atoms with van der Waals surface area (Å²) in [6.07, 6.45) is 44.7. The van der Waals surface area contributed by atoms with Crippen LogP contribution in [0.15, 0.2) is 24.3 Å². The number of hydrogen-bond donors (Lipinski definition) is 1. The van der Waals surface area contributed by atoms with E-state index in [1.54, 1.807) is 21.6 Å². The minimum atomic E-state index is -0.798. The van der Waals surface area contributed by atoms with E-state index in [1.807, 2.05) is 0 Å². The van der Waals surface area contributed by atoms with E-state index >= 15 is 0 Å². The van der Waals surface area contributed by atoms with E-state index in [1.165, 1.54) is 122 Å². The number of nitrogens with zero attached hydrogens (tertiary/aromatic N) is 1. The number of ether oxygens (including phenoxy) is 4. The summed E-state index contributed by atoms with van der Waals surface area (Å²) in [5, 5.41) is 2.68. The molecule has 65 heavy (non-hydrogen) atoms. The Bertz CT molecular complexity index is 1180. The highest BCUT2D eigenvalue weighted by molar-refractivity contribution is 8.76. The highest BCUT2D eigenvalue weighted by Crippen LogP contribution is 2.20. The average molecular weight is 953 g/mol. The number of likely N-dealkylation sites (tertiary alicyclic amines) is 1. The van der Waals surface area contributed by atoms with Gasteiger partial charge in [0.1, 0.15) is 19.8 Å². The van der Waals surface area contributed by atoms with Crippen molar-refractivity contribution in [2.24, 2.45) is 0 Å². The lowest BCUT2D eigenvalue weighted by Gasteiger charge is -2.19. The molecule has 0 aromatic carbocycles. The number of allylic oxidation sites excluding steroid dienone is 4. The third-order valence-electron chi connectivity index (χ3n) is 11.7. The number of nitrogens with one attached hydrogen (secondary N) is 1. The van der Waals surface area contributed by atoms with Crippen molar-refractivity contribution in [1.82, 2.24) is 10.2 Å². The zero-order valence-electron chi connectivity index (χ0n) is 41.6. The van der Waals surface area contributed by atoms with Gasteiger partial charge in [-0.3, -0.25) is 14.4 Å². The van der Waals surface area contributed by atoms with Gasteiger partial charge in [0.05, 0.1) is 13.0 Å². The smallest absolute Gasteiger partial charge is 0.407 e. The molecule has 1 saturated heterocycles. The Hall–Kier alpha value is -2.18. The van der Waals surface area contributed by atoms with E-state index in [2.05, 4.69) is 48.4 Å². The normalized spacial score (nSPS) is 13.8. The van der Waals surface area contributed by atoms with Crippen LogP contribution < -0.4 is 5.32 Å². The van der Waals surface area contributed by atoms with Gasteiger partial charge in [0, 0.05) is 30.9 Å². The molecule has 0 aromatic heterocycles. The Morgan fingerprint density at radius 3 is 1.45 bits per heavy atom. The number of esters is 3. The number of hydrogen-bond acceptors (Lipinski definition) is 11. The molecule has 1 aliphatic rings. The largest absolute Gasteiger partial charge is 0.465 e. The number of alkyl carbamates (subject to hydrolysis) is 1. The van der Waals surface area contributed by atoms with E-state index in [0.717, 1.165) is 90.3 Å². The van der Waals surface area contributed by atoms with Gasteiger partial charge in [-0.05, 0) is 90.1 Å². The standard InChI is InChI=1S/C53H96N2O8S2/c1-3-5-7-9-11-13-15-17-19-21-23-25-27-29-33-37-50(56)62-48-49(63-52(58)38-34-30-28-26-24-22-20-18-16-14-12-10-8-6-4-2)47-54-53(59)61-44-46-65-64-45-43-60-51(57)39-42-55-40-35-31-32-36-41-55/h17-20,49H,3-16,21-48H2,1-2H3,(H,54,59)/b19-17-,20-18-. The third-order valence-corrected chi connectivity index (χ3v) is 14.1. The van der Waals surface area contributed by atoms with Crippen LogP contribution in [0.1, 0.15) is 226 Å². The van der Waals surface area contributed by atoms with Crippen molar-refractivity contribution in [2.45, 2.75) is 232 Å². The van der Waals surface area contributed by atoms with Crippen LogP contribution in [0, 0.1) is 0 Å². The van der Waals surface area contributed by atoms with Crippen LogP contribution in [0.3, 0.4) is 0 Å². The summed E-state index contributed by atoms with van der Waals surface area (Å²) in [6.45, 7) is 7.85. The molecule has 1 rings (SSSR count). The monoisotopic (exact) mass is 953 g/mol. The zero-order chi connectivity index (χ0) is 46.9. The maximum atomic E-state index is 12.8. The summed E-state index contributed by atoms with van der Waals surface area (Å²) in [4.78, 5) is 52.4. The topological polar surface area (TPSA) is 120 Å². The molecule has 12 heteroatoms. The van der Waals surface area contributed by atoms with Crippen molar-refractivity contribution >= 4 is 45.6 Å². The minimum absolute atomic E-state index is 0.0113. The summed E-state index contributed by atoms with van der Waals surface area (Å²) in [7, 11) is 3.12. The molecule has 0 saturated carbocycles. The van der Waals surface area contributed by atoms with Crippen LogP contribution in [0.25, 0.3) is 0 Å². The zero-order valence-corrected chi connectivity index (χ0v) is 43.2. The lowest BCUT2D eigenvalue weighted by molar-refractivity contribution is -0.158. The van der Waals surface area contributed by atoms with Crippen LogP contribution in [0.2, 0.25) is 0 Å². The molecule has 0 radical (unpaired) electrons. The van der Waals surface area contributed by atoms with Gasteiger partial charge < -0.3 is 29.2 Å². The Labute approximate surface area is 405 Å². The highest BCUT2D eigenvalue weighted by atomic mass is 33.1. The van der Waals surface area contributed by atoms with Crippen LogP contribution in [-0.2, 0) is 33.3 Å². The van der Waals surface area contributed by atoms with E-state index in [4.69, 9.17) is 18.9 Å². The first-order valence-electron chi connectivity index (χ1n) is 26.6. The number of rotatable bonds is 45. The molecule has 10 nitrogen and oxygen atoms in total. The predicted octanol–water partition coefficient (Wildman–Crippen LogP) is 14.4. The number of amides is 1. The van der Waals surface area contributed by atoms with Gasteiger partial charge in [0.15, 0.2) is 6.10 Å². The van der Waals surface area contributed by atoms with Crippen LogP contribution in [0.5, 0.6) is 0 Å². The fraction of sp³-hybridized carbons (Fsp3) is 0.849. The first-order chi connectivity index (χ1) is 31.9. The molecule has 0 bridgehead atoms. The summed E-state index contributed by atoms with van der Waals surface area (Å²) >= 11 is 0. The minimum Gasteiger partial charge on any atom is -0.465 e. The first-order valence-corrected chi connectivity index (χ1v) is 29.1. The van der Waals surface area contributed by atoms with Gasteiger partial charge in [0.2, 0.25) is 0 Å². The van der Waals surface area contributed by atoms with Gasteiger partial charge >= 0.3 is 24.0 Å². The van der Waals surface area contributed by atoms with Crippen molar-refractivity contribution in [3.8, 4) is 0 Å². The molecule has 1 amide bonds. The Balaban J connectivity index is 2.30. The second kappa shape index (κ2) is 48.3. The quantitative estimate of drug-likeness (QED) is 0.0206. The molecule has 1 fully saturated rings. The van der Waals surface area contributed by atoms with Crippen molar-refractivity contribution in [1.29, 1.82) is 0 Å². The second-order valence-electron chi connectivity index (χ2n) is 17.9. The third kappa shape index (κ3) is 44.1. The molecule has 1 N–H and O–H groups in total. The first kappa shape index (κ1) is 60.8. The Morgan fingerprint density at radius 1 is 0.508 bits per heavy atom. The molecule has 1 heterocycles. The summed E-state index contributed by atoms with van der Waals surface area (Å²) in [5.74, 6) is 0.406. The molecule has 1 unspecified atom stereocenters. The molecule has 1 atom stereocenters. The van der Waals surface area contributed by atoms with Gasteiger partial charge in [0.25, 0.3) is 0 Å². The van der Waals surface area contributed by atoms with E-state index in [0.29, 0.717) is 31.0 Å². The second-order valence-corrected chi connectivity index (χ2v) is 20.6. The Morgan fingerprint density at radius 2 is 0.938 bits per heavy atom. The maximum absolute atomic E-state index is 12.8. The lowest BCUT2D eigenvalue weighted by atomic mass is 10.1. The molecule has 0 aliphatic carbocycles. The van der Waals surface area contributed by atoms with E-state index in [-0.39, 0.29) is 44.1 Å². The van der Waals surface area contributed by atoms with Gasteiger partial charge in [-0.1, -0.05) is 175 Å². The summed E-state index contributed by atoms with van der Waals surface area (Å²) < 4.78 is 22.0. The van der Waals surface area contributed by atoms with Gasteiger partial charge in [-0.25, -0.2) is 4.79 Å². The van der Waals surface area contributed by atoms with Crippen molar-refractivity contribution < 1.29 is 38.1 Å². The molecule has 0 aromatic rings. The van der Waals surface area contributed by atoms with Gasteiger partial charge in [-0.15, -0.1) is 0 Å². The van der Waals surface area contributed by atoms with Gasteiger partial charge in [-0.2, -0.15) is 0 Å². The van der Waals surface area contributed by atoms with Crippen molar-refractivity contribution in [2.75, 3.05) is 57.5 Å². The Kier molecular flexibility index (Phi) is 45.2.